The summed E-state index contributed by atoms with van der Waals surface area (Å²) in [6, 6.07) is 5.03. The Kier molecular flexibility index (Phi) is 6.75. The largest absolute Gasteiger partial charge is 0.378 e. The first kappa shape index (κ1) is 20.5. The Bertz CT molecular complexity index is 773. The molecule has 7 nitrogen and oxygen atoms in total. The minimum Gasteiger partial charge on any atom is -0.378 e. The van der Waals surface area contributed by atoms with Crippen molar-refractivity contribution in [3.05, 3.63) is 28.8 Å². The summed E-state index contributed by atoms with van der Waals surface area (Å²) in [7, 11) is -3.33. The number of benzene rings is 1. The maximum Gasteiger partial charge on any atom is 0.236 e. The molecular weight excluding hydrogens is 390 g/mol. The Labute approximate surface area is 165 Å². The van der Waals surface area contributed by atoms with Gasteiger partial charge in [-0.25, -0.2) is 8.42 Å². The molecule has 150 valence electrons. The van der Waals surface area contributed by atoms with Crippen molar-refractivity contribution < 1.29 is 17.9 Å². The maximum atomic E-state index is 12.4. The summed E-state index contributed by atoms with van der Waals surface area (Å²) in [4.78, 5) is 18.9. The average Bonchev–Trinajstić information content (AvgIpc) is 2.64. The van der Waals surface area contributed by atoms with Gasteiger partial charge in [0.2, 0.25) is 5.91 Å². The lowest BCUT2D eigenvalue weighted by Crippen LogP contribution is -2.51. The molecule has 27 heavy (non-hydrogen) atoms. The number of ether oxygens (including phenoxy) is 1. The summed E-state index contributed by atoms with van der Waals surface area (Å²) in [6.45, 7) is 6.73. The Hall–Kier alpha value is -1.19. The molecule has 2 aliphatic rings. The zero-order valence-corrected chi connectivity index (χ0v) is 17.1. The Morgan fingerprint density at radius 1 is 1.07 bits per heavy atom. The van der Waals surface area contributed by atoms with Gasteiger partial charge in [-0.15, -0.1) is 0 Å². The van der Waals surface area contributed by atoms with Gasteiger partial charge in [0.05, 0.1) is 24.7 Å². The number of halogens is 1. The van der Waals surface area contributed by atoms with Crippen LogP contribution in [0.3, 0.4) is 0 Å². The number of piperazine rings is 1. The zero-order valence-electron chi connectivity index (χ0n) is 15.6. The highest BCUT2D eigenvalue weighted by Crippen LogP contribution is 2.22. The van der Waals surface area contributed by atoms with Crippen molar-refractivity contribution >= 4 is 27.3 Å². The Morgan fingerprint density at radius 3 is 2.33 bits per heavy atom. The van der Waals surface area contributed by atoms with Crippen LogP contribution in [0.15, 0.2) is 23.1 Å². The normalized spacial score (nSPS) is 20.0. The highest BCUT2D eigenvalue weighted by Gasteiger charge is 2.24. The van der Waals surface area contributed by atoms with Gasteiger partial charge in [-0.2, -0.15) is 0 Å². The number of morpholine rings is 1. The third-order valence-corrected chi connectivity index (χ3v) is 6.42. The molecule has 1 aromatic carbocycles. The van der Waals surface area contributed by atoms with Crippen LogP contribution in [0, 0.1) is 0 Å². The lowest BCUT2D eigenvalue weighted by Gasteiger charge is -2.36. The summed E-state index contributed by atoms with van der Waals surface area (Å²) in [5.74, 6) is 0.156. The first-order valence-electron chi connectivity index (χ1n) is 9.11. The van der Waals surface area contributed by atoms with Gasteiger partial charge in [0.25, 0.3) is 0 Å². The number of rotatable bonds is 5. The van der Waals surface area contributed by atoms with Crippen LogP contribution in [-0.2, 0) is 25.9 Å². The van der Waals surface area contributed by atoms with Gasteiger partial charge in [-0.1, -0.05) is 17.7 Å². The molecule has 0 unspecified atom stereocenters. The molecule has 2 fully saturated rings. The third-order valence-electron chi connectivity index (χ3n) is 5.01. The Balaban J connectivity index is 1.53. The number of amides is 1. The molecule has 0 aliphatic carbocycles. The highest BCUT2D eigenvalue weighted by atomic mass is 35.5. The van der Waals surface area contributed by atoms with Gasteiger partial charge in [-0.3, -0.25) is 14.6 Å². The lowest BCUT2D eigenvalue weighted by molar-refractivity contribution is -0.136. The predicted molar refractivity (Wildman–Crippen MR) is 104 cm³/mol. The second-order valence-corrected chi connectivity index (χ2v) is 9.49. The van der Waals surface area contributed by atoms with Crippen LogP contribution < -0.4 is 0 Å². The van der Waals surface area contributed by atoms with Crippen LogP contribution in [0.4, 0.5) is 0 Å². The third kappa shape index (κ3) is 5.65. The van der Waals surface area contributed by atoms with E-state index in [4.69, 9.17) is 16.3 Å². The average molecular weight is 416 g/mol. The topological polar surface area (TPSA) is 70.2 Å². The van der Waals surface area contributed by atoms with Crippen molar-refractivity contribution in [3.8, 4) is 0 Å². The van der Waals surface area contributed by atoms with Crippen LogP contribution in [0.5, 0.6) is 0 Å². The molecular formula is C18H26ClN3O4S. The van der Waals surface area contributed by atoms with E-state index in [1.807, 2.05) is 4.90 Å². The summed E-state index contributed by atoms with van der Waals surface area (Å²) in [5.41, 5.74) is 0.764. The zero-order chi connectivity index (χ0) is 19.4. The Morgan fingerprint density at radius 2 is 1.70 bits per heavy atom. The fourth-order valence-corrected chi connectivity index (χ4v) is 4.64. The van der Waals surface area contributed by atoms with Crippen molar-refractivity contribution in [1.82, 2.24) is 14.7 Å². The van der Waals surface area contributed by atoms with Gasteiger partial charge in [0, 0.05) is 57.1 Å². The molecule has 0 saturated carbocycles. The summed E-state index contributed by atoms with van der Waals surface area (Å²) < 4.78 is 29.4. The van der Waals surface area contributed by atoms with Gasteiger partial charge < -0.3 is 9.64 Å². The molecule has 0 atom stereocenters. The van der Waals surface area contributed by atoms with Crippen LogP contribution in [0.2, 0.25) is 5.02 Å². The van der Waals surface area contributed by atoms with Crippen molar-refractivity contribution in [1.29, 1.82) is 0 Å². The molecule has 0 radical (unpaired) electrons. The smallest absolute Gasteiger partial charge is 0.236 e. The number of carbonyl (C=O) groups excluding carboxylic acids is 1. The molecule has 2 heterocycles. The minimum atomic E-state index is -3.33. The molecule has 2 saturated heterocycles. The molecule has 0 bridgehead atoms. The fraction of sp³-hybridized carbons (Fsp3) is 0.611. The van der Waals surface area contributed by atoms with E-state index in [9.17, 15) is 13.2 Å². The van der Waals surface area contributed by atoms with Gasteiger partial charge in [-0.05, 0) is 17.7 Å². The standard InChI is InChI=1S/C18H26ClN3O4S/c1-27(24,25)17-12-16(19)3-2-15(17)13-20-4-6-21(7-5-20)14-18(23)22-8-10-26-11-9-22/h2-3,12H,4-11,13-14H2,1H3. The number of carbonyl (C=O) groups is 1. The van der Waals surface area contributed by atoms with Crippen LogP contribution in [0.25, 0.3) is 0 Å². The first-order valence-corrected chi connectivity index (χ1v) is 11.4. The monoisotopic (exact) mass is 415 g/mol. The highest BCUT2D eigenvalue weighted by molar-refractivity contribution is 7.90. The van der Waals surface area contributed by atoms with Crippen LogP contribution >= 0.6 is 11.6 Å². The second kappa shape index (κ2) is 8.87. The minimum absolute atomic E-state index is 0.156. The second-order valence-electron chi connectivity index (χ2n) is 7.07. The van der Waals surface area contributed by atoms with E-state index in [1.54, 1.807) is 12.1 Å². The van der Waals surface area contributed by atoms with Crippen LogP contribution in [-0.4, -0.2) is 94.3 Å². The number of hydrogen-bond donors (Lipinski definition) is 0. The number of hydrogen-bond acceptors (Lipinski definition) is 6. The van der Waals surface area contributed by atoms with Crippen molar-refractivity contribution in [3.63, 3.8) is 0 Å². The van der Waals surface area contributed by atoms with Crippen molar-refractivity contribution in [2.75, 3.05) is 65.3 Å². The summed E-state index contributed by atoms with van der Waals surface area (Å²) in [6.07, 6.45) is 1.21. The first-order chi connectivity index (χ1) is 12.8. The number of sulfone groups is 1. The predicted octanol–water partition coefficient (Wildman–Crippen LogP) is 0.720. The molecule has 1 amide bonds. The van der Waals surface area contributed by atoms with Gasteiger partial charge >= 0.3 is 0 Å². The fourth-order valence-electron chi connectivity index (χ4n) is 3.45. The molecule has 9 heteroatoms. The van der Waals surface area contributed by atoms with E-state index in [-0.39, 0.29) is 5.91 Å². The van der Waals surface area contributed by atoms with E-state index >= 15 is 0 Å². The summed E-state index contributed by atoms with van der Waals surface area (Å²) >= 11 is 5.97. The summed E-state index contributed by atoms with van der Waals surface area (Å²) in [5, 5.41) is 0.422. The van der Waals surface area contributed by atoms with Crippen molar-refractivity contribution in [2.45, 2.75) is 11.4 Å². The number of nitrogens with zero attached hydrogens (tertiary/aromatic N) is 3. The maximum absolute atomic E-state index is 12.4. The van der Waals surface area contributed by atoms with Crippen LogP contribution in [0.1, 0.15) is 5.56 Å². The molecule has 0 spiro atoms. The molecule has 3 rings (SSSR count). The lowest BCUT2D eigenvalue weighted by atomic mass is 10.2. The SMILES string of the molecule is CS(=O)(=O)c1cc(Cl)ccc1CN1CCN(CC(=O)N2CCOCC2)CC1. The molecule has 0 aromatic heterocycles. The van der Waals surface area contributed by atoms with Crippen molar-refractivity contribution in [2.24, 2.45) is 0 Å². The molecule has 1 aromatic rings. The molecule has 2 aliphatic heterocycles. The van der Waals surface area contributed by atoms with E-state index < -0.39 is 9.84 Å². The molecule has 0 N–H and O–H groups in total. The van der Waals surface area contributed by atoms with E-state index in [1.165, 1.54) is 12.3 Å². The van der Waals surface area contributed by atoms with Gasteiger partial charge in [0.1, 0.15) is 0 Å². The van der Waals surface area contributed by atoms with E-state index in [0.29, 0.717) is 49.3 Å². The van der Waals surface area contributed by atoms with Gasteiger partial charge in [0.15, 0.2) is 9.84 Å². The quantitative estimate of drug-likeness (QED) is 0.705. The van der Waals surface area contributed by atoms with E-state index in [0.717, 1.165) is 31.7 Å². The van der Waals surface area contributed by atoms with E-state index in [2.05, 4.69) is 9.80 Å².